The van der Waals surface area contributed by atoms with Gasteiger partial charge in [-0.3, -0.25) is 24.5 Å². The van der Waals surface area contributed by atoms with Crippen LogP contribution in [-0.4, -0.2) is 29.7 Å². The number of para-hydroxylation sites is 1. The number of anilines is 2. The minimum Gasteiger partial charge on any atom is -0.370 e. The van der Waals surface area contributed by atoms with Gasteiger partial charge in [0.2, 0.25) is 23.6 Å². The third kappa shape index (κ3) is 2.71. The van der Waals surface area contributed by atoms with Crippen molar-refractivity contribution in [3.8, 4) is 0 Å². The molecule has 1 spiro atoms. The number of imide groups is 1. The molecule has 3 aliphatic heterocycles. The summed E-state index contributed by atoms with van der Waals surface area (Å²) < 4.78 is 13.7. The topological polar surface area (TPSA) is 122 Å². The van der Waals surface area contributed by atoms with Gasteiger partial charge in [-0.2, -0.15) is 0 Å². The number of amides is 4. The zero-order chi connectivity index (χ0) is 22.8. The number of carbonyl (C=O) groups excluding carboxylic acids is 4. The van der Waals surface area contributed by atoms with Crippen LogP contribution in [0.3, 0.4) is 0 Å². The first kappa shape index (κ1) is 20.6. The molecule has 10 heteroatoms. The van der Waals surface area contributed by atoms with E-state index in [2.05, 4.69) is 10.6 Å². The standard InChI is InChI=1S/C22H18ClFN4O4/c23-12-9-10(5-6-13(12)24)28-19(30)17-15(7-8-16(25)29)27-22(18(17)20(28)31)11-3-1-2-4-14(11)26-21(22)32/h1-6,9,15,17-18,27H,7-8H2,(H2,25,29)(H,26,32)/t15-,17-,18-,22-/m0/s1. The predicted octanol–water partition coefficient (Wildman–Crippen LogP) is 1.67. The van der Waals surface area contributed by atoms with Gasteiger partial charge in [-0.15, -0.1) is 0 Å². The molecular weight excluding hydrogens is 439 g/mol. The van der Waals surface area contributed by atoms with E-state index in [1.807, 2.05) is 0 Å². The Balaban J connectivity index is 1.64. The van der Waals surface area contributed by atoms with Crippen LogP contribution in [0, 0.1) is 17.7 Å². The van der Waals surface area contributed by atoms with Gasteiger partial charge in [-0.05, 0) is 30.7 Å². The van der Waals surface area contributed by atoms with E-state index < -0.39 is 52.9 Å². The van der Waals surface area contributed by atoms with Crippen LogP contribution < -0.4 is 21.3 Å². The molecule has 4 N–H and O–H groups in total. The monoisotopic (exact) mass is 456 g/mol. The Morgan fingerprint density at radius 2 is 1.91 bits per heavy atom. The lowest BCUT2D eigenvalue weighted by Gasteiger charge is -2.29. The molecule has 0 aliphatic carbocycles. The molecule has 2 saturated heterocycles. The van der Waals surface area contributed by atoms with Gasteiger partial charge in [0, 0.05) is 23.7 Å². The Labute approximate surface area is 186 Å². The molecule has 4 amide bonds. The van der Waals surface area contributed by atoms with Crippen LogP contribution in [0.5, 0.6) is 0 Å². The van der Waals surface area contributed by atoms with Crippen molar-refractivity contribution < 1.29 is 23.6 Å². The van der Waals surface area contributed by atoms with E-state index in [-0.39, 0.29) is 23.6 Å². The first-order valence-corrected chi connectivity index (χ1v) is 10.4. The zero-order valence-electron chi connectivity index (χ0n) is 16.6. The van der Waals surface area contributed by atoms with E-state index in [1.54, 1.807) is 24.3 Å². The van der Waals surface area contributed by atoms with Crippen molar-refractivity contribution in [1.82, 2.24) is 5.32 Å². The summed E-state index contributed by atoms with van der Waals surface area (Å²) in [5.74, 6) is -4.79. The van der Waals surface area contributed by atoms with Crippen molar-refractivity contribution in [3.63, 3.8) is 0 Å². The molecule has 3 aliphatic rings. The highest BCUT2D eigenvalue weighted by atomic mass is 35.5. The van der Waals surface area contributed by atoms with Gasteiger partial charge in [0.1, 0.15) is 11.4 Å². The van der Waals surface area contributed by atoms with E-state index in [0.717, 1.165) is 11.0 Å². The molecule has 0 bridgehead atoms. The van der Waals surface area contributed by atoms with Crippen molar-refractivity contribution in [2.75, 3.05) is 10.2 Å². The minimum absolute atomic E-state index is 0.0237. The van der Waals surface area contributed by atoms with Crippen molar-refractivity contribution in [2.24, 2.45) is 17.6 Å². The van der Waals surface area contributed by atoms with E-state index >= 15 is 0 Å². The quantitative estimate of drug-likeness (QED) is 0.604. The van der Waals surface area contributed by atoms with Crippen molar-refractivity contribution in [2.45, 2.75) is 24.4 Å². The maximum Gasteiger partial charge on any atom is 0.250 e. The largest absolute Gasteiger partial charge is 0.370 e. The fraction of sp³-hybridized carbons (Fsp3) is 0.273. The lowest BCUT2D eigenvalue weighted by molar-refractivity contribution is -0.130. The molecule has 4 atom stereocenters. The molecule has 0 saturated carbocycles. The highest BCUT2D eigenvalue weighted by Gasteiger charge is 2.70. The summed E-state index contributed by atoms with van der Waals surface area (Å²) >= 11 is 5.88. The van der Waals surface area contributed by atoms with Crippen LogP contribution in [-0.2, 0) is 24.7 Å². The first-order chi connectivity index (χ1) is 15.3. The SMILES string of the molecule is NC(=O)CC[C@@H]1N[C@]2(C(=O)Nc3ccccc32)[C@@H]2C(=O)N(c3ccc(F)c(Cl)c3)C(=O)[C@@H]12. The third-order valence-electron chi connectivity index (χ3n) is 6.49. The van der Waals surface area contributed by atoms with Gasteiger partial charge >= 0.3 is 0 Å². The Morgan fingerprint density at radius 3 is 2.62 bits per heavy atom. The van der Waals surface area contributed by atoms with Gasteiger partial charge in [-0.25, -0.2) is 9.29 Å². The van der Waals surface area contributed by atoms with Crippen LogP contribution >= 0.6 is 11.6 Å². The normalized spacial score (nSPS) is 28.2. The van der Waals surface area contributed by atoms with Gasteiger partial charge in [-0.1, -0.05) is 29.8 Å². The van der Waals surface area contributed by atoms with Gasteiger partial charge in [0.15, 0.2) is 0 Å². The van der Waals surface area contributed by atoms with Crippen LogP contribution in [0.4, 0.5) is 15.8 Å². The number of halogens is 2. The summed E-state index contributed by atoms with van der Waals surface area (Å²) in [6.45, 7) is 0. The molecule has 8 nitrogen and oxygen atoms in total. The van der Waals surface area contributed by atoms with Gasteiger partial charge < -0.3 is 11.1 Å². The fourth-order valence-electron chi connectivity index (χ4n) is 5.18. The molecule has 5 rings (SSSR count). The number of fused-ring (bicyclic) bond motifs is 4. The summed E-state index contributed by atoms with van der Waals surface area (Å²) in [7, 11) is 0. The number of primary amides is 1. The average Bonchev–Trinajstić information content (AvgIpc) is 3.33. The van der Waals surface area contributed by atoms with Crippen LogP contribution in [0.1, 0.15) is 18.4 Å². The second-order valence-corrected chi connectivity index (χ2v) is 8.58. The maximum absolute atomic E-state index is 13.7. The highest BCUT2D eigenvalue weighted by Crippen LogP contribution is 2.54. The summed E-state index contributed by atoms with van der Waals surface area (Å²) in [5.41, 5.74) is 5.05. The number of hydrogen-bond donors (Lipinski definition) is 3. The van der Waals surface area contributed by atoms with Crippen molar-refractivity contribution in [1.29, 1.82) is 0 Å². The van der Waals surface area contributed by atoms with Crippen LogP contribution in [0.15, 0.2) is 42.5 Å². The average molecular weight is 457 g/mol. The third-order valence-corrected chi connectivity index (χ3v) is 6.78. The maximum atomic E-state index is 13.7. The van der Waals surface area contributed by atoms with Gasteiger partial charge in [0.25, 0.3) is 0 Å². The molecule has 2 aromatic carbocycles. The second kappa shape index (κ2) is 7.11. The summed E-state index contributed by atoms with van der Waals surface area (Å²) in [6.07, 6.45) is 0.148. The number of nitrogens with one attached hydrogen (secondary N) is 2. The minimum atomic E-state index is -1.48. The van der Waals surface area contributed by atoms with E-state index in [9.17, 15) is 23.6 Å². The molecule has 0 radical (unpaired) electrons. The highest BCUT2D eigenvalue weighted by molar-refractivity contribution is 6.32. The molecule has 3 heterocycles. The second-order valence-electron chi connectivity index (χ2n) is 8.18. The Hall–Kier alpha value is -3.30. The Bertz CT molecular complexity index is 1200. The summed E-state index contributed by atoms with van der Waals surface area (Å²) in [5, 5.41) is 5.76. The van der Waals surface area contributed by atoms with Crippen LogP contribution in [0.25, 0.3) is 0 Å². The molecule has 0 unspecified atom stereocenters. The first-order valence-electron chi connectivity index (χ1n) is 10.1. The van der Waals surface area contributed by atoms with E-state index in [0.29, 0.717) is 11.3 Å². The number of hydrogen-bond acceptors (Lipinski definition) is 5. The molecule has 2 aromatic rings. The number of nitrogens with zero attached hydrogens (tertiary/aromatic N) is 1. The lowest BCUT2D eigenvalue weighted by Crippen LogP contribution is -2.53. The molecule has 0 aromatic heterocycles. The smallest absolute Gasteiger partial charge is 0.250 e. The Morgan fingerprint density at radius 1 is 1.16 bits per heavy atom. The predicted molar refractivity (Wildman–Crippen MR) is 113 cm³/mol. The van der Waals surface area contributed by atoms with Crippen molar-refractivity contribution in [3.05, 3.63) is 58.9 Å². The van der Waals surface area contributed by atoms with Crippen molar-refractivity contribution >= 4 is 46.6 Å². The zero-order valence-corrected chi connectivity index (χ0v) is 17.4. The molecule has 164 valence electrons. The Kier molecular flexibility index (Phi) is 4.58. The lowest BCUT2D eigenvalue weighted by atomic mass is 9.76. The van der Waals surface area contributed by atoms with E-state index in [4.69, 9.17) is 17.3 Å². The summed E-state index contributed by atoms with van der Waals surface area (Å²) in [4.78, 5) is 52.8. The number of carbonyl (C=O) groups is 4. The fourth-order valence-corrected chi connectivity index (χ4v) is 5.36. The van der Waals surface area contributed by atoms with Gasteiger partial charge in [0.05, 0.1) is 22.5 Å². The molecular formula is C22H18ClFN4O4. The number of nitrogens with two attached hydrogens (primary N) is 1. The number of rotatable bonds is 4. The molecule has 32 heavy (non-hydrogen) atoms. The van der Waals surface area contributed by atoms with E-state index in [1.165, 1.54) is 12.1 Å². The summed E-state index contributed by atoms with van der Waals surface area (Å²) in [6, 6.07) is 9.85. The number of benzene rings is 2. The van der Waals surface area contributed by atoms with Crippen LogP contribution in [0.2, 0.25) is 5.02 Å². The molecule has 2 fully saturated rings.